The third kappa shape index (κ3) is 3.36. The van der Waals surface area contributed by atoms with Crippen LogP contribution < -0.4 is 5.32 Å². The number of anilines is 1. The Morgan fingerprint density at radius 1 is 1.40 bits per heavy atom. The number of halogens is 1. The smallest absolute Gasteiger partial charge is 0.259 e. The van der Waals surface area contributed by atoms with Gasteiger partial charge in [-0.05, 0) is 25.1 Å². The lowest BCUT2D eigenvalue weighted by Crippen LogP contribution is -2.13. The zero-order chi connectivity index (χ0) is 14.9. The van der Waals surface area contributed by atoms with Crippen LogP contribution in [0.5, 0.6) is 0 Å². The van der Waals surface area contributed by atoms with Crippen molar-refractivity contribution < 1.29 is 13.2 Å². The van der Waals surface area contributed by atoms with Crippen molar-refractivity contribution in [2.45, 2.75) is 11.8 Å². The number of sulfone groups is 1. The van der Waals surface area contributed by atoms with Gasteiger partial charge in [-0.15, -0.1) is 11.3 Å². The van der Waals surface area contributed by atoms with Crippen molar-refractivity contribution >= 4 is 43.8 Å². The van der Waals surface area contributed by atoms with Crippen LogP contribution in [0.2, 0.25) is 5.02 Å². The van der Waals surface area contributed by atoms with E-state index in [1.807, 2.05) is 6.92 Å². The molecule has 1 aromatic heterocycles. The van der Waals surface area contributed by atoms with Gasteiger partial charge in [-0.3, -0.25) is 10.1 Å². The number of carbonyl (C=O) groups excluding carboxylic acids is 1. The molecule has 0 bridgehead atoms. The van der Waals surface area contributed by atoms with Gasteiger partial charge < -0.3 is 0 Å². The normalized spacial score (nSPS) is 11.3. The maximum Gasteiger partial charge on any atom is 0.259 e. The van der Waals surface area contributed by atoms with E-state index in [9.17, 15) is 13.2 Å². The van der Waals surface area contributed by atoms with E-state index in [0.717, 1.165) is 11.1 Å². The summed E-state index contributed by atoms with van der Waals surface area (Å²) in [4.78, 5) is 17.1. The summed E-state index contributed by atoms with van der Waals surface area (Å²) in [6, 6.07) is 4.01. The molecule has 5 nitrogen and oxygen atoms in total. The summed E-state index contributed by atoms with van der Waals surface area (Å²) in [5, 5.41) is 3.21. The van der Waals surface area contributed by atoms with Gasteiger partial charge in [-0.25, -0.2) is 13.4 Å². The van der Waals surface area contributed by atoms with Crippen molar-refractivity contribution in [1.82, 2.24) is 4.98 Å². The predicted molar refractivity (Wildman–Crippen MR) is 79.4 cm³/mol. The van der Waals surface area contributed by atoms with Crippen molar-refractivity contribution in [1.29, 1.82) is 0 Å². The Labute approximate surface area is 125 Å². The molecule has 0 saturated heterocycles. The molecule has 1 heterocycles. The Morgan fingerprint density at radius 3 is 2.65 bits per heavy atom. The minimum Gasteiger partial charge on any atom is -0.298 e. The molecule has 0 unspecified atom stereocenters. The number of aryl methyl sites for hydroxylation is 1. The SMILES string of the molecule is Cc1cnc(NC(=O)c2cc(S(C)(=O)=O)ccc2Cl)s1. The molecule has 0 spiro atoms. The van der Waals surface area contributed by atoms with E-state index in [2.05, 4.69) is 10.3 Å². The van der Waals surface area contributed by atoms with Crippen molar-refractivity contribution in [3.05, 3.63) is 39.9 Å². The lowest BCUT2D eigenvalue weighted by Gasteiger charge is -2.06. The highest BCUT2D eigenvalue weighted by Gasteiger charge is 2.16. The summed E-state index contributed by atoms with van der Waals surface area (Å²) in [7, 11) is -3.40. The molecule has 1 amide bonds. The van der Waals surface area contributed by atoms with Crippen LogP contribution >= 0.6 is 22.9 Å². The summed E-state index contributed by atoms with van der Waals surface area (Å²) in [6.07, 6.45) is 2.71. The van der Waals surface area contributed by atoms with E-state index >= 15 is 0 Å². The van der Waals surface area contributed by atoms with Crippen LogP contribution in [0.3, 0.4) is 0 Å². The van der Waals surface area contributed by atoms with Gasteiger partial charge in [0, 0.05) is 17.3 Å². The largest absolute Gasteiger partial charge is 0.298 e. The highest BCUT2D eigenvalue weighted by molar-refractivity contribution is 7.90. The van der Waals surface area contributed by atoms with Crippen molar-refractivity contribution in [3.63, 3.8) is 0 Å². The monoisotopic (exact) mass is 330 g/mol. The number of hydrogen-bond acceptors (Lipinski definition) is 5. The van der Waals surface area contributed by atoms with Gasteiger partial charge in [-0.2, -0.15) is 0 Å². The number of aromatic nitrogens is 1. The molecule has 0 radical (unpaired) electrons. The third-order valence-corrected chi connectivity index (χ3v) is 4.72. The maximum absolute atomic E-state index is 12.1. The Bertz CT molecular complexity index is 769. The minimum atomic E-state index is -3.40. The van der Waals surface area contributed by atoms with Crippen molar-refractivity contribution in [2.75, 3.05) is 11.6 Å². The molecule has 2 aromatic rings. The second-order valence-electron chi connectivity index (χ2n) is 4.14. The second-order valence-corrected chi connectivity index (χ2v) is 7.80. The number of nitrogens with one attached hydrogen (secondary N) is 1. The molecular weight excluding hydrogens is 320 g/mol. The fraction of sp³-hybridized carbons (Fsp3) is 0.167. The topological polar surface area (TPSA) is 76.1 Å². The molecule has 20 heavy (non-hydrogen) atoms. The highest BCUT2D eigenvalue weighted by atomic mass is 35.5. The average Bonchev–Trinajstić information content (AvgIpc) is 2.73. The van der Waals surface area contributed by atoms with Crippen LogP contribution in [0.25, 0.3) is 0 Å². The van der Waals surface area contributed by atoms with E-state index in [-0.39, 0.29) is 15.5 Å². The fourth-order valence-corrected chi connectivity index (χ4v) is 3.00. The third-order valence-electron chi connectivity index (χ3n) is 2.45. The van der Waals surface area contributed by atoms with Crippen LogP contribution in [-0.2, 0) is 9.84 Å². The van der Waals surface area contributed by atoms with E-state index in [1.54, 1.807) is 6.20 Å². The molecule has 0 aliphatic heterocycles. The number of benzene rings is 1. The summed E-state index contributed by atoms with van der Waals surface area (Å²) in [6.45, 7) is 1.87. The Kier molecular flexibility index (Phi) is 4.12. The zero-order valence-electron chi connectivity index (χ0n) is 10.7. The summed E-state index contributed by atoms with van der Waals surface area (Å²) in [5.41, 5.74) is 0.0995. The quantitative estimate of drug-likeness (QED) is 0.938. The number of carbonyl (C=O) groups is 1. The Balaban J connectivity index is 2.34. The van der Waals surface area contributed by atoms with Crippen LogP contribution in [0, 0.1) is 6.92 Å². The molecule has 0 saturated carbocycles. The van der Waals surface area contributed by atoms with Crippen LogP contribution in [0.1, 0.15) is 15.2 Å². The van der Waals surface area contributed by atoms with Crippen LogP contribution in [0.15, 0.2) is 29.3 Å². The number of hydrogen-bond donors (Lipinski definition) is 1. The number of rotatable bonds is 3. The molecule has 0 fully saturated rings. The molecule has 0 aliphatic carbocycles. The molecule has 106 valence electrons. The lowest BCUT2D eigenvalue weighted by atomic mass is 10.2. The molecule has 0 atom stereocenters. The van der Waals surface area contributed by atoms with Gasteiger partial charge in [0.2, 0.25) is 0 Å². The van der Waals surface area contributed by atoms with E-state index in [4.69, 9.17) is 11.6 Å². The summed E-state index contributed by atoms with van der Waals surface area (Å²) in [5.74, 6) is -0.491. The predicted octanol–water partition coefficient (Wildman–Crippen LogP) is 2.76. The van der Waals surface area contributed by atoms with Crippen LogP contribution in [-0.4, -0.2) is 25.6 Å². The molecule has 1 N–H and O–H groups in total. The summed E-state index contributed by atoms with van der Waals surface area (Å²) >= 11 is 7.26. The number of nitrogens with zero attached hydrogens (tertiary/aromatic N) is 1. The van der Waals surface area contributed by atoms with Gasteiger partial charge in [0.15, 0.2) is 15.0 Å². The second kappa shape index (κ2) is 5.51. The maximum atomic E-state index is 12.1. The van der Waals surface area contributed by atoms with Gasteiger partial charge in [0.05, 0.1) is 15.5 Å². The Hall–Kier alpha value is -1.44. The van der Waals surface area contributed by atoms with E-state index in [0.29, 0.717) is 5.13 Å². The van der Waals surface area contributed by atoms with Gasteiger partial charge in [-0.1, -0.05) is 11.6 Å². The first-order valence-electron chi connectivity index (χ1n) is 5.51. The van der Waals surface area contributed by atoms with Gasteiger partial charge in [0.1, 0.15) is 0 Å². The zero-order valence-corrected chi connectivity index (χ0v) is 13.1. The molecule has 1 aromatic carbocycles. The molecular formula is C12H11ClN2O3S2. The first-order valence-corrected chi connectivity index (χ1v) is 8.59. The molecule has 8 heteroatoms. The number of amides is 1. The first kappa shape index (κ1) is 15.0. The fourth-order valence-electron chi connectivity index (χ4n) is 1.49. The highest BCUT2D eigenvalue weighted by Crippen LogP contribution is 2.23. The standard InChI is InChI=1S/C12H11ClN2O3S2/c1-7-6-14-12(19-7)15-11(16)9-5-8(20(2,17)18)3-4-10(9)13/h3-6H,1-2H3,(H,14,15,16). The molecule has 2 rings (SSSR count). The first-order chi connectivity index (χ1) is 9.27. The van der Waals surface area contributed by atoms with Gasteiger partial charge >= 0.3 is 0 Å². The lowest BCUT2D eigenvalue weighted by molar-refractivity contribution is 0.102. The summed E-state index contributed by atoms with van der Waals surface area (Å²) < 4.78 is 23.0. The van der Waals surface area contributed by atoms with Crippen molar-refractivity contribution in [2.24, 2.45) is 0 Å². The number of thiazole rings is 1. The average molecular weight is 331 g/mol. The van der Waals surface area contributed by atoms with Gasteiger partial charge in [0.25, 0.3) is 5.91 Å². The van der Waals surface area contributed by atoms with E-state index < -0.39 is 15.7 Å². The van der Waals surface area contributed by atoms with E-state index in [1.165, 1.54) is 29.5 Å². The Morgan fingerprint density at radius 2 is 2.10 bits per heavy atom. The molecule has 0 aliphatic rings. The van der Waals surface area contributed by atoms with Crippen LogP contribution in [0.4, 0.5) is 5.13 Å². The van der Waals surface area contributed by atoms with Crippen molar-refractivity contribution in [3.8, 4) is 0 Å². The minimum absolute atomic E-state index is 0.0439.